The number of likely N-dealkylation sites (N-methyl/N-ethyl adjacent to an activating group) is 4. The second-order valence-corrected chi connectivity index (χ2v) is 11.0. The molecule has 0 aliphatic carbocycles. The van der Waals surface area contributed by atoms with Gasteiger partial charge in [-0.25, -0.2) is 0 Å². The Morgan fingerprint density at radius 3 is 0.833 bits per heavy atom. The molecule has 0 fully saturated rings. The minimum atomic E-state index is 0.688. The molecule has 0 aliphatic rings. The van der Waals surface area contributed by atoms with Crippen molar-refractivity contribution in [2.45, 2.75) is 39.8 Å². The summed E-state index contributed by atoms with van der Waals surface area (Å²) >= 11 is 0. The Labute approximate surface area is 154 Å². The first kappa shape index (κ1) is 23.8. The minimum Gasteiger partial charge on any atom is -0.322 e. The molecule has 0 bridgehead atoms. The lowest BCUT2D eigenvalue weighted by atomic mass is 10.2. The van der Waals surface area contributed by atoms with E-state index in [1.807, 2.05) is 0 Å². The summed E-state index contributed by atoms with van der Waals surface area (Å²) in [7, 11) is 19.0. The Morgan fingerprint density at radius 1 is 0.417 bits per heavy atom. The Balaban J connectivity index is 4.47. The van der Waals surface area contributed by atoms with E-state index < -0.39 is 0 Å². The highest BCUT2D eigenvalue weighted by Gasteiger charge is 2.29. The van der Waals surface area contributed by atoms with E-state index in [9.17, 15) is 0 Å². The molecule has 0 rings (SSSR count). The maximum atomic E-state index is 2.40. The van der Waals surface area contributed by atoms with Crippen molar-refractivity contribution < 1.29 is 17.9 Å². The standard InChI is InChI=1S/C20H50N4/c1-19(2)23(9,10)17-15-21(5,6)13-14-22(7,8)16-18-24(11,12)20(3)4/h19-20H,13-18H2,1-12H3/q+4. The van der Waals surface area contributed by atoms with E-state index in [2.05, 4.69) is 84.1 Å². The number of quaternary nitrogens is 4. The molecule has 0 amide bonds. The fourth-order valence-electron chi connectivity index (χ4n) is 2.34. The van der Waals surface area contributed by atoms with Crippen LogP contribution >= 0.6 is 0 Å². The van der Waals surface area contributed by atoms with Crippen LogP contribution in [0.5, 0.6) is 0 Å². The van der Waals surface area contributed by atoms with Crippen molar-refractivity contribution >= 4 is 0 Å². The molecule has 0 saturated carbocycles. The molecule has 4 nitrogen and oxygen atoms in total. The van der Waals surface area contributed by atoms with E-state index in [1.54, 1.807) is 0 Å². The maximum absolute atomic E-state index is 2.40. The normalized spacial score (nSPS) is 14.8. The van der Waals surface area contributed by atoms with Gasteiger partial charge in [-0.05, 0) is 27.7 Å². The van der Waals surface area contributed by atoms with Crippen LogP contribution in [0.25, 0.3) is 0 Å². The molecule has 0 aromatic rings. The van der Waals surface area contributed by atoms with Gasteiger partial charge in [0.2, 0.25) is 0 Å². The van der Waals surface area contributed by atoms with Crippen LogP contribution in [0.2, 0.25) is 0 Å². The van der Waals surface area contributed by atoms with Crippen molar-refractivity contribution in [1.29, 1.82) is 0 Å². The predicted molar refractivity (Wildman–Crippen MR) is 108 cm³/mol. The van der Waals surface area contributed by atoms with E-state index in [1.165, 1.54) is 39.3 Å². The van der Waals surface area contributed by atoms with Crippen LogP contribution in [0.1, 0.15) is 27.7 Å². The van der Waals surface area contributed by atoms with Crippen molar-refractivity contribution in [3.63, 3.8) is 0 Å². The summed E-state index contributed by atoms with van der Waals surface area (Å²) in [6.45, 7) is 16.8. The van der Waals surface area contributed by atoms with E-state index in [0.29, 0.717) is 12.1 Å². The lowest BCUT2D eigenvalue weighted by molar-refractivity contribution is -0.984. The molecule has 0 aliphatic heterocycles. The Hall–Kier alpha value is -0.160. The van der Waals surface area contributed by atoms with Gasteiger partial charge in [-0.1, -0.05) is 0 Å². The Morgan fingerprint density at radius 2 is 0.625 bits per heavy atom. The highest BCUT2D eigenvalue weighted by molar-refractivity contribution is 4.45. The summed E-state index contributed by atoms with van der Waals surface area (Å²) in [4.78, 5) is 0. The largest absolute Gasteiger partial charge is 0.322 e. The van der Waals surface area contributed by atoms with Gasteiger partial charge in [0, 0.05) is 0 Å². The zero-order chi connectivity index (χ0) is 19.4. The molecule has 0 unspecified atom stereocenters. The van der Waals surface area contributed by atoms with Gasteiger partial charge in [0.05, 0.1) is 68.5 Å². The molecule has 24 heavy (non-hydrogen) atoms. The lowest BCUT2D eigenvalue weighted by Gasteiger charge is -2.41. The summed E-state index contributed by atoms with van der Waals surface area (Å²) < 4.78 is 4.47. The third kappa shape index (κ3) is 8.80. The first-order valence-corrected chi connectivity index (χ1v) is 9.80. The van der Waals surface area contributed by atoms with Gasteiger partial charge in [-0.15, -0.1) is 0 Å². The third-order valence-corrected chi connectivity index (χ3v) is 6.67. The fraction of sp³-hybridized carbons (Fsp3) is 1.00. The average molecular weight is 347 g/mol. The van der Waals surface area contributed by atoms with Gasteiger partial charge >= 0.3 is 0 Å². The van der Waals surface area contributed by atoms with Gasteiger partial charge in [-0.2, -0.15) is 0 Å². The number of hydrogen-bond acceptors (Lipinski definition) is 0. The van der Waals surface area contributed by atoms with Crippen LogP contribution in [0.15, 0.2) is 0 Å². The fourth-order valence-corrected chi connectivity index (χ4v) is 2.34. The molecular formula is C20H50N4+4. The maximum Gasteiger partial charge on any atom is 0.128 e. The molecule has 0 spiro atoms. The first-order chi connectivity index (χ1) is 10.5. The van der Waals surface area contributed by atoms with Crippen molar-refractivity contribution in [2.24, 2.45) is 0 Å². The summed E-state index contributed by atoms with van der Waals surface area (Å²) in [6.07, 6.45) is 0. The van der Waals surface area contributed by atoms with Crippen LogP contribution in [0.4, 0.5) is 0 Å². The molecule has 0 heterocycles. The van der Waals surface area contributed by atoms with E-state index >= 15 is 0 Å². The lowest BCUT2D eigenvalue weighted by Crippen LogP contribution is -2.58. The molecule has 0 saturated heterocycles. The predicted octanol–water partition coefficient (Wildman–Crippen LogP) is 2.11. The molecule has 0 atom stereocenters. The topological polar surface area (TPSA) is 0 Å². The molecule has 4 heteroatoms. The van der Waals surface area contributed by atoms with Crippen LogP contribution < -0.4 is 0 Å². The van der Waals surface area contributed by atoms with Crippen LogP contribution in [-0.4, -0.2) is 126 Å². The van der Waals surface area contributed by atoms with Crippen molar-refractivity contribution in [1.82, 2.24) is 0 Å². The summed E-state index contributed by atoms with van der Waals surface area (Å²) in [5, 5.41) is 0. The molecule has 0 radical (unpaired) electrons. The van der Waals surface area contributed by atoms with Crippen LogP contribution in [0, 0.1) is 0 Å². The van der Waals surface area contributed by atoms with Crippen molar-refractivity contribution in [3.8, 4) is 0 Å². The second kappa shape index (κ2) is 8.48. The van der Waals surface area contributed by atoms with Gasteiger partial charge in [-0.3, -0.25) is 0 Å². The summed E-state index contributed by atoms with van der Waals surface area (Å²) in [5.74, 6) is 0. The molecule has 146 valence electrons. The van der Waals surface area contributed by atoms with Gasteiger partial charge < -0.3 is 17.9 Å². The SMILES string of the molecule is CC(C)[N+](C)(C)CC[N+](C)(C)CC[N+](C)(C)CC[N+](C)(C)C(C)C. The summed E-state index contributed by atoms with van der Waals surface area (Å²) in [6, 6.07) is 1.38. The Kier molecular flexibility index (Phi) is 8.42. The second-order valence-electron chi connectivity index (χ2n) is 11.0. The number of rotatable bonds is 11. The van der Waals surface area contributed by atoms with Crippen molar-refractivity contribution in [2.75, 3.05) is 95.6 Å². The van der Waals surface area contributed by atoms with Crippen LogP contribution in [0.3, 0.4) is 0 Å². The van der Waals surface area contributed by atoms with Crippen molar-refractivity contribution in [3.05, 3.63) is 0 Å². The summed E-state index contributed by atoms with van der Waals surface area (Å²) in [5.41, 5.74) is 0. The van der Waals surface area contributed by atoms with E-state index in [-0.39, 0.29) is 0 Å². The highest BCUT2D eigenvalue weighted by atomic mass is 15.4. The molecule has 0 aromatic heterocycles. The van der Waals surface area contributed by atoms with Crippen LogP contribution in [-0.2, 0) is 0 Å². The quantitative estimate of drug-likeness (QED) is 0.503. The number of nitrogens with zero attached hydrogens (tertiary/aromatic N) is 4. The van der Waals surface area contributed by atoms with Gasteiger partial charge in [0.25, 0.3) is 0 Å². The van der Waals surface area contributed by atoms with E-state index in [4.69, 9.17) is 0 Å². The van der Waals surface area contributed by atoms with E-state index in [0.717, 1.165) is 17.9 Å². The molecule has 0 aromatic carbocycles. The highest BCUT2D eigenvalue weighted by Crippen LogP contribution is 2.11. The zero-order valence-corrected chi connectivity index (χ0v) is 19.2. The first-order valence-electron chi connectivity index (χ1n) is 9.80. The third-order valence-electron chi connectivity index (χ3n) is 6.67. The molecule has 0 N–H and O–H groups in total. The number of hydrogen-bond donors (Lipinski definition) is 0. The average Bonchev–Trinajstić information content (AvgIpc) is 2.41. The monoisotopic (exact) mass is 346 g/mol. The minimum absolute atomic E-state index is 0.688. The van der Waals surface area contributed by atoms with Gasteiger partial charge in [0.15, 0.2) is 0 Å². The smallest absolute Gasteiger partial charge is 0.128 e. The Bertz CT molecular complexity index is 332. The zero-order valence-electron chi connectivity index (χ0n) is 19.2. The molecular weight excluding hydrogens is 296 g/mol. The van der Waals surface area contributed by atoms with Gasteiger partial charge in [0.1, 0.15) is 39.3 Å².